The zero-order chi connectivity index (χ0) is 20.4. The first kappa shape index (κ1) is 18.8. The minimum absolute atomic E-state index is 0.154. The maximum atomic E-state index is 12.6. The molecule has 2 aliphatic heterocycles. The normalized spacial score (nSPS) is 16.3. The van der Waals surface area contributed by atoms with Gasteiger partial charge in [-0.15, -0.1) is 0 Å². The van der Waals surface area contributed by atoms with Gasteiger partial charge in [0, 0.05) is 12.1 Å². The third kappa shape index (κ3) is 4.02. The standard InChI is InChI=1S/C21H19NO7/c1-12(9-23)22-20(24)10-26-14-3-4-15-17(8-14)29-19(21(15)25)7-13-2-5-16-18(6-13)28-11-27-16/h2-8,12,23H,9-11H2,1H3,(H,22,24)/t12-/m0/s1. The van der Waals surface area contributed by atoms with Crippen molar-refractivity contribution in [3.05, 3.63) is 53.3 Å². The predicted molar refractivity (Wildman–Crippen MR) is 102 cm³/mol. The molecule has 1 amide bonds. The van der Waals surface area contributed by atoms with Gasteiger partial charge in [-0.1, -0.05) is 6.07 Å². The van der Waals surface area contributed by atoms with E-state index in [1.165, 1.54) is 0 Å². The number of ketones is 1. The van der Waals surface area contributed by atoms with Crippen LogP contribution in [0.2, 0.25) is 0 Å². The van der Waals surface area contributed by atoms with Crippen LogP contribution in [0.3, 0.4) is 0 Å². The molecule has 0 saturated carbocycles. The summed E-state index contributed by atoms with van der Waals surface area (Å²) >= 11 is 0. The molecule has 0 saturated heterocycles. The number of aliphatic hydroxyl groups is 1. The van der Waals surface area contributed by atoms with Crippen molar-refractivity contribution in [1.29, 1.82) is 0 Å². The average Bonchev–Trinajstić information content (AvgIpc) is 3.30. The fourth-order valence-electron chi connectivity index (χ4n) is 2.92. The number of amides is 1. The number of ether oxygens (including phenoxy) is 4. The Bertz CT molecular complexity index is 999. The van der Waals surface area contributed by atoms with Crippen LogP contribution in [0.1, 0.15) is 22.8 Å². The first-order valence-corrected chi connectivity index (χ1v) is 9.04. The second kappa shape index (κ2) is 7.84. The van der Waals surface area contributed by atoms with E-state index >= 15 is 0 Å². The largest absolute Gasteiger partial charge is 0.484 e. The highest BCUT2D eigenvalue weighted by Gasteiger charge is 2.28. The van der Waals surface area contributed by atoms with Crippen molar-refractivity contribution < 1.29 is 33.6 Å². The second-order valence-electron chi connectivity index (χ2n) is 6.65. The number of benzene rings is 2. The van der Waals surface area contributed by atoms with Crippen LogP contribution in [-0.4, -0.2) is 42.8 Å². The lowest BCUT2D eigenvalue weighted by molar-refractivity contribution is -0.124. The first-order valence-electron chi connectivity index (χ1n) is 9.04. The number of nitrogens with one attached hydrogen (secondary N) is 1. The minimum atomic E-state index is -0.354. The lowest BCUT2D eigenvalue weighted by Crippen LogP contribution is -2.38. The van der Waals surface area contributed by atoms with E-state index in [4.69, 9.17) is 24.1 Å². The summed E-state index contributed by atoms with van der Waals surface area (Å²) in [4.78, 5) is 24.3. The number of carbonyl (C=O) groups excluding carboxylic acids is 2. The molecule has 150 valence electrons. The highest BCUT2D eigenvalue weighted by molar-refractivity contribution is 6.14. The number of aliphatic hydroxyl groups excluding tert-OH is 1. The van der Waals surface area contributed by atoms with E-state index < -0.39 is 0 Å². The fraction of sp³-hybridized carbons (Fsp3) is 0.238. The van der Waals surface area contributed by atoms with Crippen LogP contribution in [0.15, 0.2) is 42.2 Å². The van der Waals surface area contributed by atoms with Gasteiger partial charge in [0.2, 0.25) is 12.6 Å². The molecule has 0 radical (unpaired) electrons. The van der Waals surface area contributed by atoms with E-state index in [-0.39, 0.29) is 43.5 Å². The van der Waals surface area contributed by atoms with Crippen molar-refractivity contribution in [1.82, 2.24) is 5.32 Å². The van der Waals surface area contributed by atoms with Crippen molar-refractivity contribution in [3.63, 3.8) is 0 Å². The lowest BCUT2D eigenvalue weighted by atomic mass is 10.1. The Morgan fingerprint density at radius 2 is 2.03 bits per heavy atom. The fourth-order valence-corrected chi connectivity index (χ4v) is 2.92. The summed E-state index contributed by atoms with van der Waals surface area (Å²) in [6, 6.07) is 9.77. The summed E-state index contributed by atoms with van der Waals surface area (Å²) in [5.74, 6) is 1.63. The molecule has 2 aromatic carbocycles. The molecule has 4 rings (SSSR count). The van der Waals surface area contributed by atoms with E-state index in [1.54, 1.807) is 49.4 Å². The topological polar surface area (TPSA) is 103 Å². The Kier molecular flexibility index (Phi) is 5.09. The number of carbonyl (C=O) groups is 2. The third-order valence-electron chi connectivity index (χ3n) is 4.39. The van der Waals surface area contributed by atoms with Gasteiger partial charge < -0.3 is 29.4 Å². The Labute approximate surface area is 166 Å². The SMILES string of the molecule is C[C@@H](CO)NC(=O)COc1ccc2c(c1)OC(=Cc1ccc3c(c1)OCO3)C2=O. The summed E-state index contributed by atoms with van der Waals surface area (Å²) in [7, 11) is 0. The molecule has 0 unspecified atom stereocenters. The summed E-state index contributed by atoms with van der Waals surface area (Å²) in [5.41, 5.74) is 1.17. The van der Waals surface area contributed by atoms with Crippen LogP contribution in [-0.2, 0) is 4.79 Å². The van der Waals surface area contributed by atoms with Gasteiger partial charge in [-0.2, -0.15) is 0 Å². The Hall–Kier alpha value is -3.52. The van der Waals surface area contributed by atoms with E-state index in [1.807, 2.05) is 0 Å². The molecular formula is C21H19NO7. The third-order valence-corrected chi connectivity index (χ3v) is 4.39. The molecule has 2 aliphatic rings. The minimum Gasteiger partial charge on any atom is -0.484 e. The Morgan fingerprint density at radius 1 is 1.21 bits per heavy atom. The average molecular weight is 397 g/mol. The summed E-state index contributed by atoms with van der Waals surface area (Å²) in [5, 5.41) is 11.5. The Morgan fingerprint density at radius 3 is 2.86 bits per heavy atom. The van der Waals surface area contributed by atoms with Gasteiger partial charge in [-0.05, 0) is 42.8 Å². The van der Waals surface area contributed by atoms with Gasteiger partial charge in [-0.3, -0.25) is 9.59 Å². The van der Waals surface area contributed by atoms with Crippen molar-refractivity contribution in [3.8, 4) is 23.0 Å². The number of fused-ring (bicyclic) bond motifs is 2. The molecule has 0 bridgehead atoms. The van der Waals surface area contributed by atoms with Crippen LogP contribution in [0, 0.1) is 0 Å². The number of Topliss-reactive ketones (excluding diaryl/α,β-unsaturated/α-hetero) is 1. The van der Waals surface area contributed by atoms with Gasteiger partial charge in [0.05, 0.1) is 12.2 Å². The predicted octanol–water partition coefficient (Wildman–Crippen LogP) is 1.91. The van der Waals surface area contributed by atoms with Crippen LogP contribution in [0.4, 0.5) is 0 Å². The number of hydrogen-bond acceptors (Lipinski definition) is 7. The van der Waals surface area contributed by atoms with E-state index in [0.29, 0.717) is 28.6 Å². The molecule has 29 heavy (non-hydrogen) atoms. The van der Waals surface area contributed by atoms with Gasteiger partial charge in [0.15, 0.2) is 23.9 Å². The van der Waals surface area contributed by atoms with Crippen LogP contribution < -0.4 is 24.3 Å². The van der Waals surface area contributed by atoms with Crippen molar-refractivity contribution in [2.75, 3.05) is 20.0 Å². The first-order chi connectivity index (χ1) is 14.0. The van der Waals surface area contributed by atoms with E-state index in [9.17, 15) is 9.59 Å². The second-order valence-corrected chi connectivity index (χ2v) is 6.65. The molecule has 0 spiro atoms. The highest BCUT2D eigenvalue weighted by Crippen LogP contribution is 2.37. The molecule has 8 nitrogen and oxygen atoms in total. The van der Waals surface area contributed by atoms with Gasteiger partial charge in [0.25, 0.3) is 5.91 Å². The summed E-state index contributed by atoms with van der Waals surface area (Å²) in [6.45, 7) is 1.49. The molecule has 2 heterocycles. The zero-order valence-corrected chi connectivity index (χ0v) is 15.6. The van der Waals surface area contributed by atoms with Gasteiger partial charge >= 0.3 is 0 Å². The van der Waals surface area contributed by atoms with Crippen molar-refractivity contribution in [2.45, 2.75) is 13.0 Å². The molecule has 0 aromatic heterocycles. The molecular weight excluding hydrogens is 378 g/mol. The molecule has 0 fully saturated rings. The van der Waals surface area contributed by atoms with Crippen molar-refractivity contribution >= 4 is 17.8 Å². The monoisotopic (exact) mass is 397 g/mol. The lowest BCUT2D eigenvalue weighted by Gasteiger charge is -2.11. The quantitative estimate of drug-likeness (QED) is 0.718. The molecule has 2 N–H and O–H groups in total. The van der Waals surface area contributed by atoms with Crippen molar-refractivity contribution in [2.24, 2.45) is 0 Å². The molecule has 0 aliphatic carbocycles. The van der Waals surface area contributed by atoms with E-state index in [2.05, 4.69) is 5.32 Å². The summed E-state index contributed by atoms with van der Waals surface area (Å²) in [6.07, 6.45) is 1.63. The van der Waals surface area contributed by atoms with Gasteiger partial charge in [0.1, 0.15) is 11.5 Å². The molecule has 8 heteroatoms. The van der Waals surface area contributed by atoms with Crippen LogP contribution >= 0.6 is 0 Å². The van der Waals surface area contributed by atoms with Crippen LogP contribution in [0.5, 0.6) is 23.0 Å². The zero-order valence-electron chi connectivity index (χ0n) is 15.6. The summed E-state index contributed by atoms with van der Waals surface area (Å²) < 4.78 is 21.8. The van der Waals surface area contributed by atoms with Crippen LogP contribution in [0.25, 0.3) is 6.08 Å². The number of allylic oxidation sites excluding steroid dienone is 1. The number of hydrogen-bond donors (Lipinski definition) is 2. The maximum Gasteiger partial charge on any atom is 0.258 e. The highest BCUT2D eigenvalue weighted by atomic mass is 16.7. The van der Waals surface area contributed by atoms with Gasteiger partial charge in [-0.25, -0.2) is 0 Å². The molecule has 2 aromatic rings. The van der Waals surface area contributed by atoms with E-state index in [0.717, 1.165) is 5.56 Å². The Balaban J connectivity index is 1.45. The number of rotatable bonds is 6. The molecule has 1 atom stereocenters. The smallest absolute Gasteiger partial charge is 0.258 e. The maximum absolute atomic E-state index is 12.6.